The number of nitrogens with one attached hydrogen (secondary N) is 1. The van der Waals surface area contributed by atoms with Gasteiger partial charge in [-0.3, -0.25) is 4.99 Å². The van der Waals surface area contributed by atoms with E-state index in [0.717, 1.165) is 5.92 Å². The van der Waals surface area contributed by atoms with Crippen LogP contribution in [0.3, 0.4) is 0 Å². The minimum absolute atomic E-state index is 0.382. The van der Waals surface area contributed by atoms with E-state index in [1.807, 2.05) is 11.8 Å². The summed E-state index contributed by atoms with van der Waals surface area (Å²) in [5.74, 6) is 2.78. The molecule has 1 saturated heterocycles. The molecule has 1 unspecified atom stereocenters. The normalized spacial score (nSPS) is 37.7. The standard InChI is InChI=1S/C14H26N2S/c1-10(2)12(4)15-13-16-14(9-17-13)7-5-11(3)6-8-14/h10-12H,5-9H2,1-4H3,(H,15,16). The molecule has 98 valence electrons. The summed E-state index contributed by atoms with van der Waals surface area (Å²) in [4.78, 5) is 4.81. The molecule has 1 aliphatic heterocycles. The highest BCUT2D eigenvalue weighted by atomic mass is 32.2. The van der Waals surface area contributed by atoms with E-state index in [9.17, 15) is 0 Å². The molecule has 2 fully saturated rings. The zero-order valence-corrected chi connectivity index (χ0v) is 12.4. The van der Waals surface area contributed by atoms with Gasteiger partial charge < -0.3 is 5.32 Å². The molecule has 3 heteroatoms. The third-order valence-electron chi connectivity index (χ3n) is 4.37. The topological polar surface area (TPSA) is 24.4 Å². The van der Waals surface area contributed by atoms with E-state index < -0.39 is 0 Å². The molecule has 0 aromatic carbocycles. The number of rotatable bonds is 2. The van der Waals surface area contributed by atoms with Gasteiger partial charge in [-0.15, -0.1) is 0 Å². The van der Waals surface area contributed by atoms with E-state index in [1.165, 1.54) is 36.6 Å². The second-order valence-electron chi connectivity index (χ2n) is 6.30. The lowest BCUT2D eigenvalue weighted by Crippen LogP contribution is -2.46. The Morgan fingerprint density at radius 1 is 1.29 bits per heavy atom. The van der Waals surface area contributed by atoms with Crippen molar-refractivity contribution >= 4 is 16.9 Å². The molecule has 2 aliphatic rings. The molecule has 0 aromatic rings. The number of thioether (sulfide) groups is 1. The summed E-state index contributed by atoms with van der Waals surface area (Å²) in [6, 6.07) is 0.433. The molecule has 0 bridgehead atoms. The lowest BCUT2D eigenvalue weighted by atomic mass is 9.78. The summed E-state index contributed by atoms with van der Waals surface area (Å²) < 4.78 is 0. The zero-order valence-electron chi connectivity index (χ0n) is 11.6. The van der Waals surface area contributed by atoms with Crippen molar-refractivity contribution in [2.45, 2.75) is 65.0 Å². The molecule has 1 N–H and O–H groups in total. The molecule has 0 aromatic heterocycles. The van der Waals surface area contributed by atoms with Crippen LogP contribution in [-0.4, -0.2) is 22.5 Å². The highest BCUT2D eigenvalue weighted by molar-refractivity contribution is 8.14. The lowest BCUT2D eigenvalue weighted by molar-refractivity contribution is 0.250. The van der Waals surface area contributed by atoms with Gasteiger partial charge in [0.2, 0.25) is 0 Å². The van der Waals surface area contributed by atoms with Crippen LogP contribution >= 0.6 is 11.8 Å². The smallest absolute Gasteiger partial charge is 0.157 e. The monoisotopic (exact) mass is 254 g/mol. The lowest BCUT2D eigenvalue weighted by Gasteiger charge is -2.35. The Balaban J connectivity index is 1.95. The predicted octanol–water partition coefficient (Wildman–Crippen LogP) is 3.67. The van der Waals surface area contributed by atoms with Gasteiger partial charge in [0, 0.05) is 11.3 Å². The first-order valence-electron chi connectivity index (χ1n) is 6.99. The maximum atomic E-state index is 4.81. The number of hydrogen-bond acceptors (Lipinski definition) is 2. The summed E-state index contributed by atoms with van der Waals surface area (Å²) in [6.07, 6.45) is 5.41. The first-order chi connectivity index (χ1) is 8.01. The fourth-order valence-corrected chi connectivity index (χ4v) is 3.80. The van der Waals surface area contributed by atoms with Gasteiger partial charge in [0.05, 0.1) is 6.04 Å². The van der Waals surface area contributed by atoms with Gasteiger partial charge in [-0.2, -0.15) is 0 Å². The minimum Gasteiger partial charge on any atom is -0.359 e. The molecule has 1 spiro atoms. The van der Waals surface area contributed by atoms with Crippen molar-refractivity contribution in [2.75, 3.05) is 5.75 Å². The summed E-state index contributed by atoms with van der Waals surface area (Å²) in [5, 5.41) is 4.92. The van der Waals surface area contributed by atoms with Crippen LogP contribution in [-0.2, 0) is 0 Å². The van der Waals surface area contributed by atoms with Gasteiger partial charge in [-0.05, 0) is 44.4 Å². The molecule has 17 heavy (non-hydrogen) atoms. The van der Waals surface area contributed by atoms with Crippen LogP contribution in [0.5, 0.6) is 0 Å². The Morgan fingerprint density at radius 2 is 1.94 bits per heavy atom. The van der Waals surface area contributed by atoms with E-state index in [1.54, 1.807) is 0 Å². The largest absolute Gasteiger partial charge is 0.359 e. The zero-order chi connectivity index (χ0) is 12.5. The SMILES string of the molecule is CC1CCC2(CC1)CSC(=NC(C)C(C)C)N2. The minimum atomic E-state index is 0.382. The third-order valence-corrected chi connectivity index (χ3v) is 5.55. The van der Waals surface area contributed by atoms with E-state index in [-0.39, 0.29) is 0 Å². The van der Waals surface area contributed by atoms with Crippen LogP contribution in [0.25, 0.3) is 0 Å². The van der Waals surface area contributed by atoms with E-state index in [4.69, 9.17) is 4.99 Å². The maximum Gasteiger partial charge on any atom is 0.157 e. The average molecular weight is 254 g/mol. The highest BCUT2D eigenvalue weighted by Crippen LogP contribution is 2.38. The number of nitrogens with zero attached hydrogens (tertiary/aromatic N) is 1. The van der Waals surface area contributed by atoms with Crippen LogP contribution < -0.4 is 5.32 Å². The molecule has 1 heterocycles. The molecule has 2 nitrogen and oxygen atoms in total. The molecular weight excluding hydrogens is 228 g/mol. The van der Waals surface area contributed by atoms with Crippen LogP contribution in [0.2, 0.25) is 0 Å². The van der Waals surface area contributed by atoms with Gasteiger partial charge in [-0.25, -0.2) is 0 Å². The van der Waals surface area contributed by atoms with Gasteiger partial charge in [0.15, 0.2) is 5.17 Å². The van der Waals surface area contributed by atoms with Crippen molar-refractivity contribution < 1.29 is 0 Å². The second kappa shape index (κ2) is 5.21. The van der Waals surface area contributed by atoms with E-state index in [0.29, 0.717) is 17.5 Å². The van der Waals surface area contributed by atoms with Gasteiger partial charge in [0.25, 0.3) is 0 Å². The fourth-order valence-electron chi connectivity index (χ4n) is 2.49. The van der Waals surface area contributed by atoms with Gasteiger partial charge >= 0.3 is 0 Å². The summed E-state index contributed by atoms with van der Waals surface area (Å²) in [5.41, 5.74) is 0.382. The molecule has 1 aliphatic carbocycles. The Labute approximate surface area is 110 Å². The average Bonchev–Trinajstić information content (AvgIpc) is 2.67. The van der Waals surface area contributed by atoms with Crippen LogP contribution in [0, 0.1) is 11.8 Å². The van der Waals surface area contributed by atoms with Gasteiger partial charge in [-0.1, -0.05) is 32.5 Å². The maximum absolute atomic E-state index is 4.81. The van der Waals surface area contributed by atoms with Crippen molar-refractivity contribution in [1.29, 1.82) is 0 Å². The van der Waals surface area contributed by atoms with E-state index in [2.05, 4.69) is 33.0 Å². The Bertz CT molecular complexity index is 291. The van der Waals surface area contributed by atoms with Crippen molar-refractivity contribution in [2.24, 2.45) is 16.8 Å². The second-order valence-corrected chi connectivity index (χ2v) is 7.26. The first-order valence-corrected chi connectivity index (χ1v) is 7.98. The van der Waals surface area contributed by atoms with Crippen molar-refractivity contribution in [3.8, 4) is 0 Å². The predicted molar refractivity (Wildman–Crippen MR) is 77.7 cm³/mol. The Morgan fingerprint density at radius 3 is 2.53 bits per heavy atom. The summed E-state index contributed by atoms with van der Waals surface area (Å²) >= 11 is 1.93. The fraction of sp³-hybridized carbons (Fsp3) is 0.929. The first kappa shape index (κ1) is 13.3. The molecule has 0 radical (unpaired) electrons. The quantitative estimate of drug-likeness (QED) is 0.813. The molecule has 2 rings (SSSR count). The third kappa shape index (κ3) is 3.18. The number of aliphatic imine (C=N–C) groups is 1. The highest BCUT2D eigenvalue weighted by Gasteiger charge is 2.39. The summed E-state index contributed by atoms with van der Waals surface area (Å²) in [7, 11) is 0. The van der Waals surface area contributed by atoms with Crippen LogP contribution in [0.4, 0.5) is 0 Å². The van der Waals surface area contributed by atoms with Crippen LogP contribution in [0.1, 0.15) is 53.4 Å². The van der Waals surface area contributed by atoms with E-state index >= 15 is 0 Å². The van der Waals surface area contributed by atoms with Gasteiger partial charge in [0.1, 0.15) is 0 Å². The molecular formula is C14H26N2S. The molecule has 0 amide bonds. The molecule has 1 atom stereocenters. The number of amidine groups is 1. The van der Waals surface area contributed by atoms with Crippen molar-refractivity contribution in [3.63, 3.8) is 0 Å². The Kier molecular flexibility index (Phi) is 4.06. The Hall–Kier alpha value is -0.180. The number of hydrogen-bond donors (Lipinski definition) is 1. The van der Waals surface area contributed by atoms with Crippen molar-refractivity contribution in [1.82, 2.24) is 5.32 Å². The molecule has 1 saturated carbocycles. The van der Waals surface area contributed by atoms with Crippen molar-refractivity contribution in [3.05, 3.63) is 0 Å². The van der Waals surface area contributed by atoms with Crippen LogP contribution in [0.15, 0.2) is 4.99 Å². The summed E-state index contributed by atoms with van der Waals surface area (Å²) in [6.45, 7) is 9.08.